The fraction of sp³-hybridized carbons (Fsp3) is 0.235. The summed E-state index contributed by atoms with van der Waals surface area (Å²) >= 11 is 1.70. The highest BCUT2D eigenvalue weighted by Crippen LogP contribution is 2.24. The predicted octanol–water partition coefficient (Wildman–Crippen LogP) is 1.67. The summed E-state index contributed by atoms with van der Waals surface area (Å²) in [7, 11) is 0. The lowest BCUT2D eigenvalue weighted by atomic mass is 10.1. The lowest BCUT2D eigenvalue weighted by Crippen LogP contribution is -2.36. The van der Waals surface area contributed by atoms with Crippen LogP contribution in [0.25, 0.3) is 10.4 Å². The van der Waals surface area contributed by atoms with Gasteiger partial charge in [-0.25, -0.2) is 4.79 Å². The summed E-state index contributed by atoms with van der Waals surface area (Å²) in [6.45, 7) is 0.486. The van der Waals surface area contributed by atoms with Crippen molar-refractivity contribution in [2.24, 2.45) is 0 Å². The van der Waals surface area contributed by atoms with Gasteiger partial charge in [-0.2, -0.15) is 0 Å². The van der Waals surface area contributed by atoms with E-state index in [0.29, 0.717) is 13.0 Å². The van der Waals surface area contributed by atoms with Crippen LogP contribution < -0.4 is 16.0 Å². The molecule has 1 atom stereocenters. The predicted molar refractivity (Wildman–Crippen MR) is 91.5 cm³/mol. The number of nitrogens with one attached hydrogen (secondary N) is 3. The van der Waals surface area contributed by atoms with Gasteiger partial charge in [0.1, 0.15) is 6.04 Å². The van der Waals surface area contributed by atoms with Crippen LogP contribution in [-0.2, 0) is 16.0 Å². The van der Waals surface area contributed by atoms with Crippen LogP contribution in [0.5, 0.6) is 0 Å². The molecule has 2 aromatic rings. The van der Waals surface area contributed by atoms with Gasteiger partial charge in [0.15, 0.2) is 0 Å². The molecule has 0 radical (unpaired) electrons. The molecule has 1 aliphatic rings. The summed E-state index contributed by atoms with van der Waals surface area (Å²) in [5.41, 5.74) is 2.31. The third-order valence-electron chi connectivity index (χ3n) is 3.74. The van der Waals surface area contributed by atoms with Gasteiger partial charge in [0.05, 0.1) is 6.42 Å². The van der Waals surface area contributed by atoms with E-state index in [-0.39, 0.29) is 12.3 Å². The first-order valence-corrected chi connectivity index (χ1v) is 8.50. The molecule has 4 amide bonds. The summed E-state index contributed by atoms with van der Waals surface area (Å²) in [6, 6.07) is 11.0. The number of hydrogen-bond acceptors (Lipinski definition) is 4. The van der Waals surface area contributed by atoms with Crippen molar-refractivity contribution in [1.82, 2.24) is 16.0 Å². The van der Waals surface area contributed by atoms with Crippen molar-refractivity contribution in [3.05, 3.63) is 47.3 Å². The van der Waals surface area contributed by atoms with E-state index in [1.807, 2.05) is 23.6 Å². The SMILES string of the molecule is O=C(CC1NC(=O)NC1=O)NCCc1ccc(-c2cccs2)cc1. The normalized spacial score (nSPS) is 16.6. The van der Waals surface area contributed by atoms with Crippen LogP contribution in [0.4, 0.5) is 4.79 Å². The monoisotopic (exact) mass is 343 g/mol. The molecule has 0 spiro atoms. The van der Waals surface area contributed by atoms with Crippen LogP contribution in [0.15, 0.2) is 41.8 Å². The molecule has 1 fully saturated rings. The molecule has 0 saturated carbocycles. The zero-order chi connectivity index (χ0) is 16.9. The standard InChI is InChI=1S/C17H17N3O3S/c21-15(10-13-16(22)20-17(23)19-13)18-8-7-11-3-5-12(6-4-11)14-2-1-9-24-14/h1-6,9,13H,7-8,10H2,(H,18,21)(H2,19,20,22,23). The molecular formula is C17H17N3O3S. The highest BCUT2D eigenvalue weighted by Gasteiger charge is 2.30. The summed E-state index contributed by atoms with van der Waals surface area (Å²) < 4.78 is 0. The number of carbonyl (C=O) groups is 3. The molecule has 1 aromatic heterocycles. The van der Waals surface area contributed by atoms with Crippen LogP contribution in [0, 0.1) is 0 Å². The van der Waals surface area contributed by atoms with E-state index in [2.05, 4.69) is 34.1 Å². The molecule has 3 rings (SSSR count). The number of carbonyl (C=O) groups excluding carboxylic acids is 3. The van der Waals surface area contributed by atoms with Crippen LogP contribution in [0.3, 0.4) is 0 Å². The van der Waals surface area contributed by atoms with Crippen LogP contribution in [-0.4, -0.2) is 30.4 Å². The Labute approximate surface area is 143 Å². The van der Waals surface area contributed by atoms with Gasteiger partial charge in [-0.15, -0.1) is 11.3 Å². The second kappa shape index (κ2) is 7.27. The van der Waals surface area contributed by atoms with Gasteiger partial charge >= 0.3 is 6.03 Å². The van der Waals surface area contributed by atoms with Gasteiger partial charge in [0.2, 0.25) is 5.91 Å². The summed E-state index contributed by atoms with van der Waals surface area (Å²) in [5, 5.41) is 9.32. The Morgan fingerprint density at radius 2 is 1.96 bits per heavy atom. The summed E-state index contributed by atoms with van der Waals surface area (Å²) in [5.74, 6) is -0.716. The molecule has 1 aromatic carbocycles. The van der Waals surface area contributed by atoms with Gasteiger partial charge in [-0.3, -0.25) is 14.9 Å². The van der Waals surface area contributed by atoms with Crippen molar-refractivity contribution in [2.75, 3.05) is 6.54 Å². The van der Waals surface area contributed by atoms with Gasteiger partial charge < -0.3 is 10.6 Å². The topological polar surface area (TPSA) is 87.3 Å². The molecule has 1 aliphatic heterocycles. The molecule has 24 heavy (non-hydrogen) atoms. The van der Waals surface area contributed by atoms with E-state index in [0.717, 1.165) is 5.56 Å². The fourth-order valence-electron chi connectivity index (χ4n) is 2.48. The van der Waals surface area contributed by atoms with E-state index < -0.39 is 18.0 Å². The molecular weight excluding hydrogens is 326 g/mol. The van der Waals surface area contributed by atoms with Crippen molar-refractivity contribution in [2.45, 2.75) is 18.9 Å². The van der Waals surface area contributed by atoms with E-state index in [9.17, 15) is 14.4 Å². The smallest absolute Gasteiger partial charge is 0.322 e. The number of rotatable bonds is 6. The Balaban J connectivity index is 1.44. The highest BCUT2D eigenvalue weighted by atomic mass is 32.1. The van der Waals surface area contributed by atoms with E-state index >= 15 is 0 Å². The Morgan fingerprint density at radius 3 is 2.58 bits per heavy atom. The summed E-state index contributed by atoms with van der Waals surface area (Å²) in [6.07, 6.45) is 0.661. The Morgan fingerprint density at radius 1 is 1.17 bits per heavy atom. The van der Waals surface area contributed by atoms with Crippen LogP contribution >= 0.6 is 11.3 Å². The minimum absolute atomic E-state index is 0.0467. The number of imide groups is 1. The molecule has 2 heterocycles. The number of amides is 4. The van der Waals surface area contributed by atoms with Gasteiger partial charge in [-0.1, -0.05) is 30.3 Å². The molecule has 7 heteroatoms. The first-order valence-electron chi connectivity index (χ1n) is 7.63. The third kappa shape index (κ3) is 3.99. The van der Waals surface area contributed by atoms with Crippen LogP contribution in [0.1, 0.15) is 12.0 Å². The maximum Gasteiger partial charge on any atom is 0.322 e. The Bertz CT molecular complexity index is 741. The fourth-order valence-corrected chi connectivity index (χ4v) is 3.22. The van der Waals surface area contributed by atoms with E-state index in [1.165, 1.54) is 10.4 Å². The molecule has 1 saturated heterocycles. The number of benzene rings is 1. The maximum atomic E-state index is 11.8. The quantitative estimate of drug-likeness (QED) is 0.697. The molecule has 1 unspecified atom stereocenters. The first-order chi connectivity index (χ1) is 11.6. The number of thiophene rings is 1. The lowest BCUT2D eigenvalue weighted by molar-refractivity contribution is -0.126. The second-order valence-corrected chi connectivity index (χ2v) is 6.44. The molecule has 124 valence electrons. The molecule has 0 bridgehead atoms. The third-order valence-corrected chi connectivity index (χ3v) is 4.66. The largest absolute Gasteiger partial charge is 0.356 e. The van der Waals surface area contributed by atoms with Gasteiger partial charge in [0.25, 0.3) is 5.91 Å². The average Bonchev–Trinajstić information content (AvgIpc) is 3.18. The highest BCUT2D eigenvalue weighted by molar-refractivity contribution is 7.13. The van der Waals surface area contributed by atoms with E-state index in [4.69, 9.17) is 0 Å². The van der Waals surface area contributed by atoms with Crippen molar-refractivity contribution < 1.29 is 14.4 Å². The molecule has 0 aliphatic carbocycles. The number of hydrogen-bond donors (Lipinski definition) is 3. The van der Waals surface area contributed by atoms with Crippen LogP contribution in [0.2, 0.25) is 0 Å². The Hall–Kier alpha value is -2.67. The Kier molecular flexibility index (Phi) is 4.90. The molecule has 3 N–H and O–H groups in total. The lowest BCUT2D eigenvalue weighted by Gasteiger charge is -2.08. The minimum Gasteiger partial charge on any atom is -0.356 e. The van der Waals surface area contributed by atoms with Crippen molar-refractivity contribution in [3.8, 4) is 10.4 Å². The zero-order valence-electron chi connectivity index (χ0n) is 12.9. The maximum absolute atomic E-state index is 11.8. The van der Waals surface area contributed by atoms with Gasteiger partial charge in [0, 0.05) is 11.4 Å². The van der Waals surface area contributed by atoms with Crippen molar-refractivity contribution in [1.29, 1.82) is 0 Å². The number of urea groups is 1. The van der Waals surface area contributed by atoms with E-state index in [1.54, 1.807) is 11.3 Å². The average molecular weight is 343 g/mol. The zero-order valence-corrected chi connectivity index (χ0v) is 13.7. The second-order valence-electron chi connectivity index (χ2n) is 5.49. The first kappa shape index (κ1) is 16.2. The molecule has 6 nitrogen and oxygen atoms in total. The van der Waals surface area contributed by atoms with Crippen molar-refractivity contribution in [3.63, 3.8) is 0 Å². The minimum atomic E-state index is -0.775. The summed E-state index contributed by atoms with van der Waals surface area (Å²) in [4.78, 5) is 35.4. The van der Waals surface area contributed by atoms with Crippen molar-refractivity contribution >= 4 is 29.2 Å². The van der Waals surface area contributed by atoms with Gasteiger partial charge in [-0.05, 0) is 29.0 Å².